The molecule has 1 unspecified atom stereocenters. The van der Waals surface area contributed by atoms with Crippen molar-refractivity contribution in [3.8, 4) is 0 Å². The molecule has 96 valence electrons. The minimum Gasteiger partial charge on any atom is -0.330 e. The molecule has 1 atom stereocenters. The van der Waals surface area contributed by atoms with E-state index in [1.807, 2.05) is 0 Å². The van der Waals surface area contributed by atoms with E-state index in [0.29, 0.717) is 5.41 Å². The van der Waals surface area contributed by atoms with Crippen LogP contribution < -0.4 is 11.1 Å². The number of nitrogens with one attached hydrogen (secondary N) is 1. The maximum atomic E-state index is 5.70. The van der Waals surface area contributed by atoms with Crippen LogP contribution in [0.25, 0.3) is 0 Å². The van der Waals surface area contributed by atoms with E-state index in [4.69, 9.17) is 5.73 Å². The van der Waals surface area contributed by atoms with E-state index in [2.05, 4.69) is 31.1 Å². The number of hydrogen-bond donors (Lipinski definition) is 2. The molecule has 3 N–H and O–H groups in total. The van der Waals surface area contributed by atoms with Gasteiger partial charge in [0.25, 0.3) is 0 Å². The SMILES string of the molecule is CN1CCC(CCNCCC(C)(C)CN)C1. The van der Waals surface area contributed by atoms with Gasteiger partial charge in [0.15, 0.2) is 0 Å². The van der Waals surface area contributed by atoms with Gasteiger partial charge in [-0.25, -0.2) is 0 Å². The minimum absolute atomic E-state index is 0.292. The summed E-state index contributed by atoms with van der Waals surface area (Å²) < 4.78 is 0. The lowest BCUT2D eigenvalue weighted by molar-refractivity contribution is 0.334. The molecular weight excluding hydrogens is 198 g/mol. The van der Waals surface area contributed by atoms with Gasteiger partial charge in [-0.15, -0.1) is 0 Å². The van der Waals surface area contributed by atoms with Crippen molar-refractivity contribution >= 4 is 0 Å². The highest BCUT2D eigenvalue weighted by Gasteiger charge is 2.19. The van der Waals surface area contributed by atoms with Gasteiger partial charge in [-0.2, -0.15) is 0 Å². The van der Waals surface area contributed by atoms with Crippen molar-refractivity contribution in [2.75, 3.05) is 39.8 Å². The maximum absolute atomic E-state index is 5.70. The summed E-state index contributed by atoms with van der Waals surface area (Å²) in [5.41, 5.74) is 5.99. The molecule has 1 fully saturated rings. The second-order valence-electron chi connectivity index (χ2n) is 6.07. The molecule has 3 nitrogen and oxygen atoms in total. The standard InChI is InChI=1S/C13H29N3/c1-13(2,11-14)6-8-15-7-4-12-5-9-16(3)10-12/h12,15H,4-11,14H2,1-3H3. The number of likely N-dealkylation sites (tertiary alicyclic amines) is 1. The van der Waals surface area contributed by atoms with Gasteiger partial charge in [0.2, 0.25) is 0 Å². The van der Waals surface area contributed by atoms with Crippen LogP contribution in [0.15, 0.2) is 0 Å². The first-order valence-corrected chi connectivity index (χ1v) is 6.63. The van der Waals surface area contributed by atoms with Crippen molar-refractivity contribution in [3.63, 3.8) is 0 Å². The second kappa shape index (κ2) is 6.58. The van der Waals surface area contributed by atoms with E-state index in [0.717, 1.165) is 19.0 Å². The molecule has 0 amide bonds. The minimum atomic E-state index is 0.292. The van der Waals surface area contributed by atoms with Crippen LogP contribution in [0.3, 0.4) is 0 Å². The molecule has 0 aliphatic carbocycles. The molecule has 1 heterocycles. The maximum Gasteiger partial charge on any atom is 0.000756 e. The Balaban J connectivity index is 1.96. The van der Waals surface area contributed by atoms with Gasteiger partial charge in [-0.05, 0) is 63.8 Å². The molecule has 0 aromatic rings. The van der Waals surface area contributed by atoms with E-state index >= 15 is 0 Å². The molecule has 0 radical (unpaired) electrons. The zero-order valence-corrected chi connectivity index (χ0v) is 11.3. The number of hydrogen-bond acceptors (Lipinski definition) is 3. The zero-order valence-electron chi connectivity index (χ0n) is 11.3. The molecular formula is C13H29N3. The molecule has 1 aliphatic heterocycles. The molecule has 0 aromatic heterocycles. The Hall–Kier alpha value is -0.120. The summed E-state index contributed by atoms with van der Waals surface area (Å²) in [7, 11) is 2.22. The van der Waals surface area contributed by atoms with Crippen LogP contribution in [-0.4, -0.2) is 44.7 Å². The van der Waals surface area contributed by atoms with E-state index in [1.165, 1.54) is 38.9 Å². The van der Waals surface area contributed by atoms with Crippen LogP contribution in [0.2, 0.25) is 0 Å². The number of rotatable bonds is 7. The summed E-state index contributed by atoms with van der Waals surface area (Å²) in [6, 6.07) is 0. The largest absolute Gasteiger partial charge is 0.330 e. The fourth-order valence-corrected chi connectivity index (χ4v) is 2.22. The third kappa shape index (κ3) is 5.28. The highest BCUT2D eigenvalue weighted by atomic mass is 15.1. The lowest BCUT2D eigenvalue weighted by Crippen LogP contribution is -2.29. The lowest BCUT2D eigenvalue weighted by atomic mass is 9.90. The second-order valence-corrected chi connectivity index (χ2v) is 6.07. The highest BCUT2D eigenvalue weighted by molar-refractivity contribution is 4.74. The summed E-state index contributed by atoms with van der Waals surface area (Å²) >= 11 is 0. The van der Waals surface area contributed by atoms with E-state index in [-0.39, 0.29) is 0 Å². The normalized spacial score (nSPS) is 22.9. The molecule has 0 spiro atoms. The lowest BCUT2D eigenvalue weighted by Gasteiger charge is -2.22. The summed E-state index contributed by atoms with van der Waals surface area (Å²) in [5.74, 6) is 0.917. The molecule has 1 aliphatic rings. The zero-order chi connectivity index (χ0) is 12.0. The highest BCUT2D eigenvalue weighted by Crippen LogP contribution is 2.18. The summed E-state index contributed by atoms with van der Waals surface area (Å²) in [4.78, 5) is 2.43. The predicted octanol–water partition coefficient (Wildman–Crippen LogP) is 1.29. The fourth-order valence-electron chi connectivity index (χ4n) is 2.22. The van der Waals surface area contributed by atoms with Crippen molar-refractivity contribution in [2.24, 2.45) is 17.1 Å². The quantitative estimate of drug-likeness (QED) is 0.644. The molecule has 0 saturated carbocycles. The monoisotopic (exact) mass is 227 g/mol. The van der Waals surface area contributed by atoms with Gasteiger partial charge in [-0.3, -0.25) is 0 Å². The van der Waals surface area contributed by atoms with E-state index in [9.17, 15) is 0 Å². The van der Waals surface area contributed by atoms with Crippen molar-refractivity contribution < 1.29 is 0 Å². The number of nitrogens with zero attached hydrogens (tertiary/aromatic N) is 1. The van der Waals surface area contributed by atoms with Crippen molar-refractivity contribution in [1.29, 1.82) is 0 Å². The first-order chi connectivity index (χ1) is 7.53. The third-order valence-electron chi connectivity index (χ3n) is 3.75. The average molecular weight is 227 g/mol. The van der Waals surface area contributed by atoms with E-state index in [1.54, 1.807) is 0 Å². The van der Waals surface area contributed by atoms with Crippen LogP contribution in [0.5, 0.6) is 0 Å². The molecule has 0 bridgehead atoms. The van der Waals surface area contributed by atoms with Gasteiger partial charge >= 0.3 is 0 Å². The summed E-state index contributed by atoms with van der Waals surface area (Å²) in [6.45, 7) is 10.1. The Morgan fingerprint density at radius 1 is 1.38 bits per heavy atom. The van der Waals surface area contributed by atoms with Gasteiger partial charge in [0, 0.05) is 6.54 Å². The van der Waals surface area contributed by atoms with Gasteiger partial charge in [-0.1, -0.05) is 13.8 Å². The van der Waals surface area contributed by atoms with Crippen molar-refractivity contribution in [1.82, 2.24) is 10.2 Å². The Bertz CT molecular complexity index is 192. The predicted molar refractivity (Wildman–Crippen MR) is 70.5 cm³/mol. The smallest absolute Gasteiger partial charge is 0.000756 e. The van der Waals surface area contributed by atoms with Crippen molar-refractivity contribution in [3.05, 3.63) is 0 Å². The van der Waals surface area contributed by atoms with Crippen LogP contribution in [0, 0.1) is 11.3 Å². The Morgan fingerprint density at radius 3 is 2.69 bits per heavy atom. The van der Waals surface area contributed by atoms with Crippen LogP contribution >= 0.6 is 0 Å². The topological polar surface area (TPSA) is 41.3 Å². The fraction of sp³-hybridized carbons (Fsp3) is 1.00. The summed E-state index contributed by atoms with van der Waals surface area (Å²) in [6.07, 6.45) is 3.88. The van der Waals surface area contributed by atoms with Crippen LogP contribution in [-0.2, 0) is 0 Å². The third-order valence-corrected chi connectivity index (χ3v) is 3.75. The Morgan fingerprint density at radius 2 is 2.12 bits per heavy atom. The molecule has 0 aromatic carbocycles. The Labute approximate surface area is 101 Å². The molecule has 1 rings (SSSR count). The molecule has 3 heteroatoms. The first-order valence-electron chi connectivity index (χ1n) is 6.63. The first kappa shape index (κ1) is 13.9. The molecule has 16 heavy (non-hydrogen) atoms. The van der Waals surface area contributed by atoms with E-state index < -0.39 is 0 Å². The van der Waals surface area contributed by atoms with Gasteiger partial charge < -0.3 is 16.0 Å². The average Bonchev–Trinajstić information content (AvgIpc) is 2.64. The van der Waals surface area contributed by atoms with Crippen LogP contribution in [0.1, 0.15) is 33.1 Å². The Kier molecular flexibility index (Phi) is 5.73. The van der Waals surface area contributed by atoms with Gasteiger partial charge in [0.05, 0.1) is 0 Å². The molecule has 1 saturated heterocycles. The number of nitrogens with two attached hydrogens (primary N) is 1. The van der Waals surface area contributed by atoms with Crippen molar-refractivity contribution in [2.45, 2.75) is 33.1 Å². The van der Waals surface area contributed by atoms with Crippen LogP contribution in [0.4, 0.5) is 0 Å². The van der Waals surface area contributed by atoms with Gasteiger partial charge in [0.1, 0.15) is 0 Å². The summed E-state index contributed by atoms with van der Waals surface area (Å²) in [5, 5.41) is 3.54.